The summed E-state index contributed by atoms with van der Waals surface area (Å²) in [6.07, 6.45) is 2.11. The number of carboxylic acids is 1. The van der Waals surface area contributed by atoms with Crippen molar-refractivity contribution in [3.63, 3.8) is 0 Å². The molecule has 2 aromatic carbocycles. The lowest BCUT2D eigenvalue weighted by Gasteiger charge is -2.38. The molecule has 1 saturated heterocycles. The van der Waals surface area contributed by atoms with Crippen LogP contribution in [0.15, 0.2) is 59.6 Å². The fourth-order valence-corrected chi connectivity index (χ4v) is 6.09. The van der Waals surface area contributed by atoms with Gasteiger partial charge >= 0.3 is 5.97 Å². The Labute approximate surface area is 215 Å². The minimum Gasteiger partial charge on any atom is -0.497 e. The summed E-state index contributed by atoms with van der Waals surface area (Å²) >= 11 is 1.81. The summed E-state index contributed by atoms with van der Waals surface area (Å²) in [6.45, 7) is 2.53. The van der Waals surface area contributed by atoms with Crippen LogP contribution in [0.25, 0.3) is 10.9 Å². The second-order valence-corrected chi connectivity index (χ2v) is 10.5. The molecule has 1 fully saturated rings. The predicted octanol–water partition coefficient (Wildman–Crippen LogP) is 5.40. The van der Waals surface area contributed by atoms with Crippen LogP contribution in [-0.2, 0) is 4.79 Å². The lowest BCUT2D eigenvalue weighted by Crippen LogP contribution is -2.42. The molecule has 0 unspecified atom stereocenters. The van der Waals surface area contributed by atoms with Crippen molar-refractivity contribution in [2.75, 3.05) is 32.5 Å². The summed E-state index contributed by atoms with van der Waals surface area (Å²) < 4.78 is 20.0. The quantitative estimate of drug-likeness (QED) is 0.333. The van der Waals surface area contributed by atoms with E-state index in [0.29, 0.717) is 29.5 Å². The first-order chi connectivity index (χ1) is 17.4. The number of hydrogen-bond donors (Lipinski definition) is 2. The lowest BCUT2D eigenvalue weighted by molar-refractivity contribution is -0.139. The van der Waals surface area contributed by atoms with Crippen molar-refractivity contribution in [3.05, 3.63) is 66.1 Å². The van der Waals surface area contributed by atoms with E-state index in [1.54, 1.807) is 37.1 Å². The number of likely N-dealkylation sites (tertiary alicyclic amines) is 1. The summed E-state index contributed by atoms with van der Waals surface area (Å²) in [4.78, 5) is 19.3. The number of thioether (sulfide) groups is 1. The SMILES string of the molecule is COc1ccc2ncc(F)c([C@@H](O)CC[C@@H]3CCN(CCSc4ccccc4)C[C@@H]3CC(=O)O)c2c1. The molecule has 1 aliphatic rings. The van der Waals surface area contributed by atoms with E-state index in [1.165, 1.54) is 4.90 Å². The zero-order valence-electron chi connectivity index (χ0n) is 20.5. The van der Waals surface area contributed by atoms with Gasteiger partial charge in [0.15, 0.2) is 0 Å². The van der Waals surface area contributed by atoms with Crippen LogP contribution in [0, 0.1) is 17.7 Å². The van der Waals surface area contributed by atoms with Crippen molar-refractivity contribution >= 4 is 28.6 Å². The molecule has 0 amide bonds. The molecule has 0 bridgehead atoms. The smallest absolute Gasteiger partial charge is 0.303 e. The number of benzene rings is 2. The molecule has 0 radical (unpaired) electrons. The van der Waals surface area contributed by atoms with Gasteiger partial charge in [0, 0.05) is 41.1 Å². The third-order valence-electron chi connectivity index (χ3n) is 7.04. The van der Waals surface area contributed by atoms with Gasteiger partial charge in [-0.3, -0.25) is 9.78 Å². The molecule has 1 aliphatic heterocycles. The zero-order chi connectivity index (χ0) is 25.5. The number of hydrogen-bond acceptors (Lipinski definition) is 6. The average Bonchev–Trinajstić information content (AvgIpc) is 2.88. The molecular weight excluding hydrogens is 479 g/mol. The highest BCUT2D eigenvalue weighted by Gasteiger charge is 2.31. The number of carbonyl (C=O) groups is 1. The second-order valence-electron chi connectivity index (χ2n) is 9.36. The molecule has 8 heteroatoms. The Morgan fingerprint density at radius 3 is 2.81 bits per heavy atom. The Kier molecular flexibility index (Phi) is 9.18. The van der Waals surface area contributed by atoms with E-state index >= 15 is 0 Å². The largest absolute Gasteiger partial charge is 0.497 e. The maximum atomic E-state index is 14.8. The topological polar surface area (TPSA) is 82.9 Å². The Hall–Kier alpha value is -2.68. The third kappa shape index (κ3) is 6.75. The zero-order valence-corrected chi connectivity index (χ0v) is 21.3. The van der Waals surface area contributed by atoms with E-state index < -0.39 is 17.9 Å². The van der Waals surface area contributed by atoms with Gasteiger partial charge in [0.1, 0.15) is 11.6 Å². The number of aliphatic hydroxyl groups is 1. The first kappa shape index (κ1) is 26.4. The molecule has 0 spiro atoms. The number of aliphatic hydroxyl groups excluding tert-OH is 1. The molecule has 4 rings (SSSR count). The van der Waals surface area contributed by atoms with E-state index in [9.17, 15) is 19.4 Å². The van der Waals surface area contributed by atoms with E-state index in [-0.39, 0.29) is 23.8 Å². The van der Waals surface area contributed by atoms with Crippen molar-refractivity contribution in [1.82, 2.24) is 9.88 Å². The average molecular weight is 513 g/mol. The molecule has 0 aliphatic carbocycles. The summed E-state index contributed by atoms with van der Waals surface area (Å²) in [5.74, 6) is 0.345. The van der Waals surface area contributed by atoms with Crippen molar-refractivity contribution in [2.45, 2.75) is 36.7 Å². The second kappa shape index (κ2) is 12.5. The number of aliphatic carboxylic acids is 1. The van der Waals surface area contributed by atoms with Gasteiger partial charge in [-0.15, -0.1) is 11.8 Å². The van der Waals surface area contributed by atoms with Gasteiger partial charge < -0.3 is 19.8 Å². The molecule has 2 N–H and O–H groups in total. The number of nitrogens with zero attached hydrogens (tertiary/aromatic N) is 2. The molecule has 2 heterocycles. The number of fused-ring (bicyclic) bond motifs is 1. The number of ether oxygens (including phenoxy) is 1. The number of aromatic nitrogens is 1. The predicted molar refractivity (Wildman–Crippen MR) is 140 cm³/mol. The van der Waals surface area contributed by atoms with Crippen LogP contribution >= 0.6 is 11.8 Å². The van der Waals surface area contributed by atoms with E-state index in [2.05, 4.69) is 22.0 Å². The Morgan fingerprint density at radius 1 is 1.25 bits per heavy atom. The van der Waals surface area contributed by atoms with Gasteiger partial charge in [-0.1, -0.05) is 18.2 Å². The molecule has 3 aromatic rings. The molecule has 1 aromatic heterocycles. The number of halogens is 1. The Balaban J connectivity index is 1.38. The van der Waals surface area contributed by atoms with Gasteiger partial charge in [-0.25, -0.2) is 4.39 Å². The number of rotatable bonds is 11. The van der Waals surface area contributed by atoms with Crippen molar-refractivity contribution in [3.8, 4) is 5.75 Å². The van der Waals surface area contributed by atoms with Gasteiger partial charge in [-0.05, 0) is 68.0 Å². The van der Waals surface area contributed by atoms with Crippen molar-refractivity contribution < 1.29 is 24.1 Å². The molecule has 6 nitrogen and oxygen atoms in total. The highest BCUT2D eigenvalue weighted by Crippen LogP contribution is 2.36. The number of pyridine rings is 1. The fourth-order valence-electron chi connectivity index (χ4n) is 5.15. The Bertz CT molecular complexity index is 1160. The lowest BCUT2D eigenvalue weighted by atomic mass is 9.79. The van der Waals surface area contributed by atoms with Crippen LogP contribution in [0.5, 0.6) is 5.75 Å². The van der Waals surface area contributed by atoms with Gasteiger partial charge in [-0.2, -0.15) is 0 Å². The molecule has 3 atom stereocenters. The minimum absolute atomic E-state index is 0.00398. The molecular formula is C28H33FN2O4S. The maximum absolute atomic E-state index is 14.8. The van der Waals surface area contributed by atoms with Crippen LogP contribution in [0.2, 0.25) is 0 Å². The van der Waals surface area contributed by atoms with E-state index in [0.717, 1.165) is 38.0 Å². The fraction of sp³-hybridized carbons (Fsp3) is 0.429. The molecule has 36 heavy (non-hydrogen) atoms. The Morgan fingerprint density at radius 2 is 2.06 bits per heavy atom. The van der Waals surface area contributed by atoms with Crippen LogP contribution in [-0.4, -0.2) is 58.6 Å². The van der Waals surface area contributed by atoms with Crippen molar-refractivity contribution in [1.29, 1.82) is 0 Å². The van der Waals surface area contributed by atoms with Crippen LogP contribution in [0.1, 0.15) is 37.4 Å². The third-order valence-corrected chi connectivity index (χ3v) is 8.04. The summed E-state index contributed by atoms with van der Waals surface area (Å²) in [5, 5.41) is 21.1. The van der Waals surface area contributed by atoms with Crippen molar-refractivity contribution in [2.24, 2.45) is 11.8 Å². The van der Waals surface area contributed by atoms with E-state index in [1.807, 2.05) is 18.2 Å². The first-order valence-corrected chi connectivity index (χ1v) is 13.4. The molecule has 0 saturated carbocycles. The summed E-state index contributed by atoms with van der Waals surface area (Å²) in [7, 11) is 1.54. The highest BCUT2D eigenvalue weighted by atomic mass is 32.2. The van der Waals surface area contributed by atoms with Crippen LogP contribution < -0.4 is 4.74 Å². The van der Waals surface area contributed by atoms with Gasteiger partial charge in [0.25, 0.3) is 0 Å². The van der Waals surface area contributed by atoms with Gasteiger partial charge in [0.2, 0.25) is 0 Å². The number of methoxy groups -OCH3 is 1. The van der Waals surface area contributed by atoms with Gasteiger partial charge in [0.05, 0.1) is 24.9 Å². The van der Waals surface area contributed by atoms with E-state index in [4.69, 9.17) is 4.74 Å². The normalized spacial score (nSPS) is 19.3. The monoisotopic (exact) mass is 512 g/mol. The summed E-state index contributed by atoms with van der Waals surface area (Å²) in [6, 6.07) is 15.5. The minimum atomic E-state index is -1.01. The van der Waals surface area contributed by atoms with Crippen LogP contribution in [0.4, 0.5) is 4.39 Å². The number of piperidine rings is 1. The standard InChI is InChI=1S/C28H33FN2O4S/c1-35-21-8-9-25-23(16-21)28(24(29)17-30-25)26(32)10-7-19-11-12-31(18-20(19)15-27(33)34)13-14-36-22-5-3-2-4-6-22/h2-6,8-9,16-17,19-20,26,32H,7,10-15,18H2,1H3,(H,33,34)/t19-,20+,26+/m1/s1. The molecule has 192 valence electrons. The first-order valence-electron chi connectivity index (χ1n) is 12.4. The maximum Gasteiger partial charge on any atom is 0.303 e. The number of carboxylic acid groups (broad SMARTS) is 1. The van der Waals surface area contributed by atoms with Crippen LogP contribution in [0.3, 0.4) is 0 Å². The highest BCUT2D eigenvalue weighted by molar-refractivity contribution is 7.99. The summed E-state index contributed by atoms with van der Waals surface area (Å²) in [5.41, 5.74) is 0.820.